The number of nitriles is 1. The van der Waals surface area contributed by atoms with Crippen molar-refractivity contribution in [1.82, 2.24) is 19.9 Å². The number of pyridine rings is 1. The van der Waals surface area contributed by atoms with E-state index in [1.807, 2.05) is 63.2 Å². The van der Waals surface area contributed by atoms with E-state index in [1.54, 1.807) is 0 Å². The van der Waals surface area contributed by atoms with Crippen LogP contribution in [0, 0.1) is 32.1 Å². The smallest absolute Gasteiger partial charge is 0.231 e. The zero-order chi connectivity index (χ0) is 23.1. The number of nitrogens with one attached hydrogen (secondary N) is 1. The zero-order valence-electron chi connectivity index (χ0n) is 18.4. The number of hydrogen-bond acceptors (Lipinski definition) is 6. The second-order valence-electron chi connectivity index (χ2n) is 8.05. The summed E-state index contributed by atoms with van der Waals surface area (Å²) in [6.07, 6.45) is 1.41. The molecule has 0 atom stereocenters. The van der Waals surface area contributed by atoms with Crippen LogP contribution in [0.25, 0.3) is 27.7 Å². The molecule has 0 spiro atoms. The first-order valence-corrected chi connectivity index (χ1v) is 10.4. The molecular formula is C25H20N6O2. The molecule has 5 aromatic rings. The van der Waals surface area contributed by atoms with Crippen molar-refractivity contribution in [3.8, 4) is 11.9 Å². The standard InChI is InChI=1S/C25H20N6O2/c1-14-8-16(3)24-20(30-33-21(24)9-14)11-23(32)29-25-17(12-26)13-27-31(25)22-10-15(2)18-6-4-5-7-19(18)28-22/h4-10,13H,11H2,1-3H3,(H,29,32). The number of fused-ring (bicyclic) bond motifs is 2. The predicted octanol–water partition coefficient (Wildman–Crippen LogP) is 4.54. The van der Waals surface area contributed by atoms with Gasteiger partial charge in [-0.25, -0.2) is 4.98 Å². The Labute approximate surface area is 189 Å². The van der Waals surface area contributed by atoms with Crippen LogP contribution in [0.1, 0.15) is 27.9 Å². The predicted molar refractivity (Wildman–Crippen MR) is 124 cm³/mol. The summed E-state index contributed by atoms with van der Waals surface area (Å²) in [6, 6.07) is 15.7. The number of anilines is 1. The van der Waals surface area contributed by atoms with Crippen LogP contribution in [0.2, 0.25) is 0 Å². The minimum Gasteiger partial charge on any atom is -0.356 e. The Morgan fingerprint density at radius 1 is 1.15 bits per heavy atom. The Morgan fingerprint density at radius 3 is 2.79 bits per heavy atom. The highest BCUT2D eigenvalue weighted by Gasteiger charge is 2.20. The number of benzene rings is 2. The number of aryl methyl sites for hydroxylation is 3. The van der Waals surface area contributed by atoms with Gasteiger partial charge in [-0.1, -0.05) is 29.4 Å². The van der Waals surface area contributed by atoms with Gasteiger partial charge >= 0.3 is 0 Å². The molecule has 0 fully saturated rings. The largest absolute Gasteiger partial charge is 0.356 e. The average Bonchev–Trinajstić information content (AvgIpc) is 3.37. The van der Waals surface area contributed by atoms with Crippen molar-refractivity contribution in [3.63, 3.8) is 0 Å². The highest BCUT2D eigenvalue weighted by atomic mass is 16.5. The van der Waals surface area contributed by atoms with Crippen molar-refractivity contribution >= 4 is 33.6 Å². The highest BCUT2D eigenvalue weighted by molar-refractivity contribution is 5.96. The maximum atomic E-state index is 13.0. The van der Waals surface area contributed by atoms with Crippen LogP contribution in [0.15, 0.2) is 53.2 Å². The molecule has 0 aliphatic heterocycles. The summed E-state index contributed by atoms with van der Waals surface area (Å²) in [5, 5.41) is 22.7. The van der Waals surface area contributed by atoms with Gasteiger partial charge in [0.05, 0.1) is 18.1 Å². The van der Waals surface area contributed by atoms with E-state index in [9.17, 15) is 10.1 Å². The number of carbonyl (C=O) groups is 1. The molecule has 0 unspecified atom stereocenters. The molecule has 0 aliphatic rings. The molecule has 0 saturated heterocycles. The van der Waals surface area contributed by atoms with E-state index in [-0.39, 0.29) is 23.7 Å². The number of rotatable bonds is 4. The monoisotopic (exact) mass is 436 g/mol. The van der Waals surface area contributed by atoms with E-state index in [0.717, 1.165) is 33.0 Å². The van der Waals surface area contributed by atoms with Crippen molar-refractivity contribution in [1.29, 1.82) is 5.26 Å². The fourth-order valence-corrected chi connectivity index (χ4v) is 4.13. The molecule has 33 heavy (non-hydrogen) atoms. The third-order valence-corrected chi connectivity index (χ3v) is 5.59. The Balaban J connectivity index is 1.49. The summed E-state index contributed by atoms with van der Waals surface area (Å²) < 4.78 is 6.91. The Morgan fingerprint density at radius 2 is 1.97 bits per heavy atom. The van der Waals surface area contributed by atoms with Gasteiger partial charge in [0.2, 0.25) is 5.91 Å². The summed E-state index contributed by atoms with van der Waals surface area (Å²) in [7, 11) is 0. The molecule has 3 heterocycles. The molecule has 0 bridgehead atoms. The summed E-state index contributed by atoms with van der Waals surface area (Å²) in [6.45, 7) is 5.93. The number of hydrogen-bond donors (Lipinski definition) is 1. The van der Waals surface area contributed by atoms with Crippen LogP contribution in [-0.2, 0) is 11.2 Å². The maximum absolute atomic E-state index is 13.0. The van der Waals surface area contributed by atoms with Gasteiger partial charge in [-0.05, 0) is 55.7 Å². The van der Waals surface area contributed by atoms with Crippen molar-refractivity contribution in [2.45, 2.75) is 27.2 Å². The normalized spacial score (nSPS) is 11.1. The van der Waals surface area contributed by atoms with E-state index >= 15 is 0 Å². The second kappa shape index (κ2) is 7.88. The lowest BCUT2D eigenvalue weighted by atomic mass is 10.0. The zero-order valence-corrected chi connectivity index (χ0v) is 18.4. The fraction of sp³-hybridized carbons (Fsp3) is 0.160. The first-order chi connectivity index (χ1) is 15.9. The molecule has 3 aromatic heterocycles. The number of para-hydroxylation sites is 1. The van der Waals surface area contributed by atoms with Crippen LogP contribution in [0.4, 0.5) is 5.82 Å². The molecule has 162 valence electrons. The van der Waals surface area contributed by atoms with Gasteiger partial charge in [0, 0.05) is 10.8 Å². The first kappa shape index (κ1) is 20.4. The Hall–Kier alpha value is -4.51. The van der Waals surface area contributed by atoms with E-state index in [4.69, 9.17) is 4.52 Å². The van der Waals surface area contributed by atoms with Crippen LogP contribution >= 0.6 is 0 Å². The molecule has 0 aliphatic carbocycles. The fourth-order valence-electron chi connectivity index (χ4n) is 4.13. The molecule has 2 aromatic carbocycles. The van der Waals surface area contributed by atoms with E-state index in [2.05, 4.69) is 26.6 Å². The summed E-state index contributed by atoms with van der Waals surface area (Å²) in [4.78, 5) is 17.6. The van der Waals surface area contributed by atoms with Crippen molar-refractivity contribution in [2.75, 3.05) is 5.32 Å². The van der Waals surface area contributed by atoms with Crippen LogP contribution in [0.5, 0.6) is 0 Å². The number of aromatic nitrogens is 4. The minimum absolute atomic E-state index is 0.00285. The molecule has 1 amide bonds. The van der Waals surface area contributed by atoms with Crippen molar-refractivity contribution in [2.24, 2.45) is 0 Å². The molecule has 5 rings (SSSR count). The lowest BCUT2D eigenvalue weighted by Gasteiger charge is -2.11. The van der Waals surface area contributed by atoms with Crippen LogP contribution in [0.3, 0.4) is 0 Å². The van der Waals surface area contributed by atoms with Gasteiger partial charge in [-0.2, -0.15) is 15.0 Å². The Kier molecular flexibility index (Phi) is 4.87. The van der Waals surface area contributed by atoms with Gasteiger partial charge in [0.1, 0.15) is 17.3 Å². The van der Waals surface area contributed by atoms with Gasteiger partial charge in [0.15, 0.2) is 17.2 Å². The summed E-state index contributed by atoms with van der Waals surface area (Å²) in [5.41, 5.74) is 5.31. The second-order valence-corrected chi connectivity index (χ2v) is 8.05. The van der Waals surface area contributed by atoms with E-state index in [1.165, 1.54) is 10.9 Å². The first-order valence-electron chi connectivity index (χ1n) is 10.4. The highest BCUT2D eigenvalue weighted by Crippen LogP contribution is 2.26. The van der Waals surface area contributed by atoms with Crippen molar-refractivity contribution in [3.05, 3.63) is 76.6 Å². The van der Waals surface area contributed by atoms with Gasteiger partial charge in [-0.15, -0.1) is 0 Å². The lowest BCUT2D eigenvalue weighted by molar-refractivity contribution is -0.115. The molecule has 0 saturated carbocycles. The Bertz CT molecular complexity index is 1590. The number of carbonyl (C=O) groups excluding carboxylic acids is 1. The third kappa shape index (κ3) is 3.59. The third-order valence-electron chi connectivity index (χ3n) is 5.59. The molecule has 8 heteroatoms. The average molecular weight is 436 g/mol. The SMILES string of the molecule is Cc1cc(C)c2c(CC(=O)Nc3c(C#N)cnn3-c3cc(C)c4ccccc4n3)noc2c1. The molecule has 8 nitrogen and oxygen atoms in total. The molecule has 0 radical (unpaired) electrons. The topological polar surface area (TPSA) is 110 Å². The summed E-state index contributed by atoms with van der Waals surface area (Å²) >= 11 is 0. The van der Waals surface area contributed by atoms with Crippen molar-refractivity contribution < 1.29 is 9.32 Å². The quantitative estimate of drug-likeness (QED) is 0.443. The van der Waals surface area contributed by atoms with Gasteiger partial charge < -0.3 is 9.84 Å². The molecule has 1 N–H and O–H groups in total. The maximum Gasteiger partial charge on any atom is 0.231 e. The van der Waals surface area contributed by atoms with Gasteiger partial charge in [-0.3, -0.25) is 4.79 Å². The van der Waals surface area contributed by atoms with Crippen LogP contribution in [-0.4, -0.2) is 25.8 Å². The van der Waals surface area contributed by atoms with E-state index < -0.39 is 0 Å². The summed E-state index contributed by atoms with van der Waals surface area (Å²) in [5.74, 6) is 0.451. The van der Waals surface area contributed by atoms with Gasteiger partial charge in [0.25, 0.3) is 0 Å². The van der Waals surface area contributed by atoms with E-state index in [0.29, 0.717) is 17.1 Å². The minimum atomic E-state index is -0.332. The number of amides is 1. The lowest BCUT2D eigenvalue weighted by Crippen LogP contribution is -2.18. The molecular weight excluding hydrogens is 416 g/mol. The van der Waals surface area contributed by atoms with Crippen LogP contribution < -0.4 is 5.32 Å². The number of nitrogens with zero attached hydrogens (tertiary/aromatic N) is 5.